The van der Waals surface area contributed by atoms with Crippen molar-refractivity contribution in [2.45, 2.75) is 19.8 Å². The van der Waals surface area contributed by atoms with Gasteiger partial charge in [-0.1, -0.05) is 12.1 Å². The van der Waals surface area contributed by atoms with Crippen LogP contribution in [0.15, 0.2) is 48.5 Å². The molecule has 0 spiro atoms. The Morgan fingerprint density at radius 1 is 1.11 bits per heavy atom. The van der Waals surface area contributed by atoms with Crippen LogP contribution in [0.1, 0.15) is 19.8 Å². The van der Waals surface area contributed by atoms with Gasteiger partial charge in [-0.25, -0.2) is 8.42 Å². The number of ether oxygens (including phenoxy) is 2. The van der Waals surface area contributed by atoms with E-state index in [0.717, 1.165) is 6.26 Å². The minimum Gasteiger partial charge on any atom is -0.495 e. The van der Waals surface area contributed by atoms with Crippen LogP contribution in [0, 0.1) is 0 Å². The lowest BCUT2D eigenvalue weighted by atomic mass is 10.2. The summed E-state index contributed by atoms with van der Waals surface area (Å²) < 4.78 is 36.2. The fraction of sp³-hybridized carbons (Fsp3) is 0.350. The van der Waals surface area contributed by atoms with Gasteiger partial charge >= 0.3 is 0 Å². The summed E-state index contributed by atoms with van der Waals surface area (Å²) in [5.74, 6) is 1.04. The molecule has 0 saturated heterocycles. The first-order valence-electron chi connectivity index (χ1n) is 8.98. The summed E-state index contributed by atoms with van der Waals surface area (Å²) in [4.78, 5) is 12.2. The maximum absolute atomic E-state index is 12.2. The Bertz CT molecular complexity index is 882. The van der Waals surface area contributed by atoms with Crippen LogP contribution in [-0.2, 0) is 14.8 Å². The van der Waals surface area contributed by atoms with E-state index in [1.54, 1.807) is 42.5 Å². The van der Waals surface area contributed by atoms with Gasteiger partial charge in [0.1, 0.15) is 11.5 Å². The number of hydrogen-bond acceptors (Lipinski definition) is 5. The van der Waals surface area contributed by atoms with Gasteiger partial charge in [-0.3, -0.25) is 9.10 Å². The Morgan fingerprint density at radius 3 is 2.39 bits per heavy atom. The third-order valence-corrected chi connectivity index (χ3v) is 5.18. The summed E-state index contributed by atoms with van der Waals surface area (Å²) in [7, 11) is -1.94. The second kappa shape index (κ2) is 9.98. The number of methoxy groups -OCH3 is 1. The Labute approximate surface area is 166 Å². The van der Waals surface area contributed by atoms with E-state index in [4.69, 9.17) is 9.47 Å². The minimum atomic E-state index is -3.47. The zero-order valence-corrected chi connectivity index (χ0v) is 17.2. The van der Waals surface area contributed by atoms with Crippen molar-refractivity contribution >= 4 is 27.3 Å². The van der Waals surface area contributed by atoms with Gasteiger partial charge in [0, 0.05) is 13.0 Å². The predicted octanol–water partition coefficient (Wildman–Crippen LogP) is 3.28. The number of anilines is 2. The van der Waals surface area contributed by atoms with Gasteiger partial charge in [0.15, 0.2) is 0 Å². The average Bonchev–Trinajstić information content (AvgIpc) is 2.66. The zero-order valence-electron chi connectivity index (χ0n) is 16.3. The van der Waals surface area contributed by atoms with Crippen molar-refractivity contribution in [2.75, 3.05) is 36.1 Å². The number of para-hydroxylation sites is 2. The number of carbonyl (C=O) groups is 1. The molecule has 2 aromatic carbocycles. The molecule has 28 heavy (non-hydrogen) atoms. The van der Waals surface area contributed by atoms with E-state index in [1.165, 1.54) is 11.4 Å². The number of benzene rings is 2. The predicted molar refractivity (Wildman–Crippen MR) is 111 cm³/mol. The fourth-order valence-corrected chi connectivity index (χ4v) is 3.67. The van der Waals surface area contributed by atoms with Crippen molar-refractivity contribution in [1.29, 1.82) is 0 Å². The summed E-state index contributed by atoms with van der Waals surface area (Å²) in [6.07, 6.45) is 1.71. The topological polar surface area (TPSA) is 84.9 Å². The van der Waals surface area contributed by atoms with Crippen molar-refractivity contribution in [3.8, 4) is 11.5 Å². The molecule has 0 atom stereocenters. The van der Waals surface area contributed by atoms with Crippen molar-refractivity contribution in [3.05, 3.63) is 48.5 Å². The smallest absolute Gasteiger partial charge is 0.232 e. The maximum Gasteiger partial charge on any atom is 0.232 e. The van der Waals surface area contributed by atoms with Gasteiger partial charge < -0.3 is 14.8 Å². The first-order valence-corrected chi connectivity index (χ1v) is 10.8. The number of nitrogens with zero attached hydrogens (tertiary/aromatic N) is 1. The average molecular weight is 407 g/mol. The maximum atomic E-state index is 12.2. The van der Waals surface area contributed by atoms with E-state index in [9.17, 15) is 13.2 Å². The standard InChI is InChI=1S/C20H26N2O5S/c1-4-27-17-13-11-16(12-14-17)22(28(3,24)25)15-7-10-20(23)21-18-8-5-6-9-19(18)26-2/h5-6,8-9,11-14H,4,7,10,15H2,1-3H3,(H,21,23). The van der Waals surface area contributed by atoms with E-state index in [1.807, 2.05) is 13.0 Å². The first-order chi connectivity index (χ1) is 13.3. The van der Waals surface area contributed by atoms with Crippen LogP contribution in [0.5, 0.6) is 11.5 Å². The summed E-state index contributed by atoms with van der Waals surface area (Å²) >= 11 is 0. The fourth-order valence-electron chi connectivity index (χ4n) is 2.71. The largest absolute Gasteiger partial charge is 0.495 e. The van der Waals surface area contributed by atoms with Gasteiger partial charge in [-0.05, 0) is 49.7 Å². The summed E-state index contributed by atoms with van der Waals surface area (Å²) in [5, 5.41) is 2.79. The Kier molecular flexibility index (Phi) is 7.69. The van der Waals surface area contributed by atoms with Crippen LogP contribution in [-0.4, -0.2) is 40.8 Å². The molecule has 0 heterocycles. The van der Waals surface area contributed by atoms with Crippen LogP contribution in [0.2, 0.25) is 0 Å². The molecule has 0 saturated carbocycles. The SMILES string of the molecule is CCOc1ccc(N(CCCC(=O)Nc2ccccc2OC)S(C)(=O)=O)cc1. The molecule has 8 heteroatoms. The molecular weight excluding hydrogens is 380 g/mol. The van der Waals surface area contributed by atoms with E-state index >= 15 is 0 Å². The minimum absolute atomic E-state index is 0.182. The van der Waals surface area contributed by atoms with Crippen molar-refractivity contribution in [2.24, 2.45) is 0 Å². The number of hydrogen-bond donors (Lipinski definition) is 1. The summed E-state index contributed by atoms with van der Waals surface area (Å²) in [5.41, 5.74) is 1.12. The van der Waals surface area contributed by atoms with Crippen LogP contribution in [0.25, 0.3) is 0 Å². The number of amides is 1. The molecule has 1 amide bonds. The normalized spacial score (nSPS) is 11.0. The zero-order chi connectivity index (χ0) is 20.6. The Balaban J connectivity index is 1.97. The highest BCUT2D eigenvalue weighted by Crippen LogP contribution is 2.24. The molecule has 0 aliphatic carbocycles. The van der Waals surface area contributed by atoms with Crippen molar-refractivity contribution in [1.82, 2.24) is 0 Å². The summed E-state index contributed by atoms with van der Waals surface area (Å²) in [6, 6.07) is 14.0. The molecule has 2 rings (SSSR count). The quantitative estimate of drug-likeness (QED) is 0.655. The van der Waals surface area contributed by atoms with Crippen molar-refractivity contribution in [3.63, 3.8) is 0 Å². The highest BCUT2D eigenvalue weighted by molar-refractivity contribution is 7.92. The van der Waals surface area contributed by atoms with E-state index in [2.05, 4.69) is 5.32 Å². The molecule has 0 radical (unpaired) electrons. The number of carbonyl (C=O) groups excluding carboxylic acids is 1. The van der Waals surface area contributed by atoms with Crippen molar-refractivity contribution < 1.29 is 22.7 Å². The Morgan fingerprint density at radius 2 is 1.79 bits per heavy atom. The second-order valence-electron chi connectivity index (χ2n) is 6.11. The van der Waals surface area contributed by atoms with Gasteiger partial charge in [0.05, 0.1) is 31.3 Å². The van der Waals surface area contributed by atoms with E-state index in [-0.39, 0.29) is 18.9 Å². The van der Waals surface area contributed by atoms with Crippen LogP contribution >= 0.6 is 0 Å². The third kappa shape index (κ3) is 6.16. The molecule has 0 aliphatic heterocycles. The monoisotopic (exact) mass is 406 g/mol. The molecule has 0 fully saturated rings. The first kappa shape index (κ1) is 21.6. The number of nitrogens with one attached hydrogen (secondary N) is 1. The third-order valence-electron chi connectivity index (χ3n) is 3.98. The molecular formula is C20H26N2O5S. The molecule has 0 unspecified atom stereocenters. The molecule has 0 bridgehead atoms. The molecule has 1 N–H and O–H groups in total. The number of sulfonamides is 1. The molecule has 152 valence electrons. The summed E-state index contributed by atoms with van der Waals surface area (Å²) in [6.45, 7) is 2.62. The molecule has 2 aromatic rings. The van der Waals surface area contributed by atoms with E-state index < -0.39 is 10.0 Å². The van der Waals surface area contributed by atoms with E-state index in [0.29, 0.717) is 35.9 Å². The van der Waals surface area contributed by atoms with Gasteiger partial charge in [0.25, 0.3) is 0 Å². The highest BCUT2D eigenvalue weighted by atomic mass is 32.2. The van der Waals surface area contributed by atoms with Gasteiger partial charge in [-0.2, -0.15) is 0 Å². The van der Waals surface area contributed by atoms with Crippen LogP contribution in [0.3, 0.4) is 0 Å². The van der Waals surface area contributed by atoms with Gasteiger partial charge in [0.2, 0.25) is 15.9 Å². The van der Waals surface area contributed by atoms with Crippen LogP contribution in [0.4, 0.5) is 11.4 Å². The number of rotatable bonds is 10. The molecule has 7 nitrogen and oxygen atoms in total. The lowest BCUT2D eigenvalue weighted by Gasteiger charge is -2.22. The lowest BCUT2D eigenvalue weighted by molar-refractivity contribution is -0.116. The lowest BCUT2D eigenvalue weighted by Crippen LogP contribution is -2.31. The second-order valence-corrected chi connectivity index (χ2v) is 8.02. The highest BCUT2D eigenvalue weighted by Gasteiger charge is 2.18. The van der Waals surface area contributed by atoms with Crippen LogP contribution < -0.4 is 19.1 Å². The molecule has 0 aromatic heterocycles. The molecule has 0 aliphatic rings. The van der Waals surface area contributed by atoms with Gasteiger partial charge in [-0.15, -0.1) is 0 Å². The Hall–Kier alpha value is -2.74.